The van der Waals surface area contributed by atoms with Crippen LogP contribution in [0.3, 0.4) is 0 Å². The third kappa shape index (κ3) is 3.17. The molecule has 0 unspecified atom stereocenters. The van der Waals surface area contributed by atoms with Crippen molar-refractivity contribution in [3.63, 3.8) is 0 Å². The maximum Gasteiger partial charge on any atom is 0.0396 e. The molecular weight excluding hydrogens is 244 g/mol. The van der Waals surface area contributed by atoms with Crippen molar-refractivity contribution in [2.75, 3.05) is 25.0 Å². The Bertz CT molecular complexity index is 463. The van der Waals surface area contributed by atoms with Crippen molar-refractivity contribution in [1.29, 1.82) is 0 Å². The first-order chi connectivity index (χ1) is 9.25. The summed E-state index contributed by atoms with van der Waals surface area (Å²) in [5.41, 5.74) is 4.79. The summed E-state index contributed by atoms with van der Waals surface area (Å²) >= 11 is 0. The average molecular weight is 274 g/mol. The van der Waals surface area contributed by atoms with Gasteiger partial charge in [-0.25, -0.2) is 0 Å². The van der Waals surface area contributed by atoms with E-state index < -0.39 is 0 Å². The van der Waals surface area contributed by atoms with E-state index in [9.17, 15) is 0 Å². The smallest absolute Gasteiger partial charge is 0.0396 e. The molecule has 1 N–H and O–H groups in total. The maximum atomic E-state index is 3.47. The van der Waals surface area contributed by atoms with Crippen LogP contribution < -0.4 is 10.2 Å². The first kappa shape index (κ1) is 15.4. The molecular formula is C18H30N2. The Kier molecular flexibility index (Phi) is 4.15. The summed E-state index contributed by atoms with van der Waals surface area (Å²) in [5.74, 6) is 0. The van der Waals surface area contributed by atoms with Crippen LogP contribution >= 0.6 is 0 Å². The van der Waals surface area contributed by atoms with Gasteiger partial charge >= 0.3 is 0 Å². The van der Waals surface area contributed by atoms with Crippen LogP contribution in [0.15, 0.2) is 18.2 Å². The molecule has 0 radical (unpaired) electrons. The van der Waals surface area contributed by atoms with Gasteiger partial charge in [0.1, 0.15) is 0 Å². The monoisotopic (exact) mass is 274 g/mol. The zero-order valence-corrected chi connectivity index (χ0v) is 14.0. The molecule has 1 aliphatic rings. The van der Waals surface area contributed by atoms with Gasteiger partial charge in [-0.3, -0.25) is 0 Å². The quantitative estimate of drug-likeness (QED) is 0.880. The van der Waals surface area contributed by atoms with E-state index in [-0.39, 0.29) is 5.41 Å². The number of benzene rings is 1. The summed E-state index contributed by atoms with van der Waals surface area (Å²) in [5, 5.41) is 3.47. The fraction of sp³-hybridized carbons (Fsp3) is 0.667. The van der Waals surface area contributed by atoms with Gasteiger partial charge in [0.25, 0.3) is 0 Å². The summed E-state index contributed by atoms with van der Waals surface area (Å²) < 4.78 is 0. The van der Waals surface area contributed by atoms with Gasteiger partial charge in [-0.2, -0.15) is 0 Å². The lowest BCUT2D eigenvalue weighted by atomic mass is 9.85. The lowest BCUT2D eigenvalue weighted by molar-refractivity contribution is 0.305. The molecule has 1 aromatic carbocycles. The van der Waals surface area contributed by atoms with E-state index in [1.165, 1.54) is 29.7 Å². The number of hydrogen-bond donors (Lipinski definition) is 1. The predicted octanol–water partition coefficient (Wildman–Crippen LogP) is 3.87. The summed E-state index contributed by atoms with van der Waals surface area (Å²) in [6.07, 6.45) is 2.42. The van der Waals surface area contributed by atoms with Crippen molar-refractivity contribution in [2.45, 2.75) is 58.4 Å². The number of aryl methyl sites for hydroxylation is 1. The SMILES string of the molecule is CNC1(C)CCN(c2ccc(C(C)(C)C)cc2C)CC1. The Hall–Kier alpha value is -1.02. The largest absolute Gasteiger partial charge is 0.371 e. The summed E-state index contributed by atoms with van der Waals surface area (Å²) in [4.78, 5) is 2.54. The minimum Gasteiger partial charge on any atom is -0.371 e. The molecule has 1 saturated heterocycles. The molecule has 1 aliphatic heterocycles. The van der Waals surface area contributed by atoms with Crippen LogP contribution in [0.4, 0.5) is 5.69 Å². The van der Waals surface area contributed by atoms with Crippen molar-refractivity contribution < 1.29 is 0 Å². The molecule has 0 aromatic heterocycles. The van der Waals surface area contributed by atoms with E-state index in [2.05, 4.69) is 70.1 Å². The van der Waals surface area contributed by atoms with Crippen LogP contribution in [0.1, 0.15) is 51.7 Å². The molecule has 20 heavy (non-hydrogen) atoms. The third-order valence-corrected chi connectivity index (χ3v) is 4.87. The van der Waals surface area contributed by atoms with E-state index in [0.29, 0.717) is 5.54 Å². The van der Waals surface area contributed by atoms with Gasteiger partial charge in [0.2, 0.25) is 0 Å². The van der Waals surface area contributed by atoms with Gasteiger partial charge in [0.05, 0.1) is 0 Å². The second-order valence-corrected chi connectivity index (χ2v) is 7.55. The first-order valence-corrected chi connectivity index (χ1v) is 7.80. The second-order valence-electron chi connectivity index (χ2n) is 7.55. The lowest BCUT2D eigenvalue weighted by Crippen LogP contribution is -2.50. The molecule has 1 aromatic rings. The summed E-state index contributed by atoms with van der Waals surface area (Å²) in [7, 11) is 2.08. The molecule has 0 aliphatic carbocycles. The minimum absolute atomic E-state index is 0.232. The topological polar surface area (TPSA) is 15.3 Å². The van der Waals surface area contributed by atoms with Gasteiger partial charge in [-0.1, -0.05) is 32.9 Å². The highest BCUT2D eigenvalue weighted by Crippen LogP contribution is 2.31. The zero-order chi connectivity index (χ0) is 15.0. The van der Waals surface area contributed by atoms with Crippen molar-refractivity contribution >= 4 is 5.69 Å². The molecule has 1 heterocycles. The molecule has 0 amide bonds. The van der Waals surface area contributed by atoms with Crippen LogP contribution in [0.5, 0.6) is 0 Å². The molecule has 0 atom stereocenters. The van der Waals surface area contributed by atoms with Crippen LogP contribution in [-0.4, -0.2) is 25.7 Å². The lowest BCUT2D eigenvalue weighted by Gasteiger charge is -2.41. The number of anilines is 1. The number of piperidine rings is 1. The minimum atomic E-state index is 0.232. The van der Waals surface area contributed by atoms with Gasteiger partial charge in [0, 0.05) is 24.3 Å². The molecule has 112 valence electrons. The number of rotatable bonds is 2. The highest BCUT2D eigenvalue weighted by Gasteiger charge is 2.28. The first-order valence-electron chi connectivity index (χ1n) is 7.80. The van der Waals surface area contributed by atoms with E-state index >= 15 is 0 Å². The Morgan fingerprint density at radius 2 is 1.75 bits per heavy atom. The van der Waals surface area contributed by atoms with Crippen LogP contribution in [0, 0.1) is 6.92 Å². The van der Waals surface area contributed by atoms with Crippen LogP contribution in [0.25, 0.3) is 0 Å². The van der Waals surface area contributed by atoms with Crippen molar-refractivity contribution in [2.24, 2.45) is 0 Å². The molecule has 1 fully saturated rings. The van der Waals surface area contributed by atoms with E-state index in [0.717, 1.165) is 13.1 Å². The third-order valence-electron chi connectivity index (χ3n) is 4.87. The summed E-state index contributed by atoms with van der Waals surface area (Å²) in [6.45, 7) is 13.7. The van der Waals surface area contributed by atoms with Gasteiger partial charge in [0.15, 0.2) is 0 Å². The normalized spacial score (nSPS) is 19.2. The van der Waals surface area contributed by atoms with E-state index in [1.54, 1.807) is 0 Å². The van der Waals surface area contributed by atoms with Crippen molar-refractivity contribution in [3.05, 3.63) is 29.3 Å². The summed E-state index contributed by atoms with van der Waals surface area (Å²) in [6, 6.07) is 6.98. The Morgan fingerprint density at radius 1 is 1.15 bits per heavy atom. The van der Waals surface area contributed by atoms with Gasteiger partial charge in [-0.15, -0.1) is 0 Å². The standard InChI is InChI=1S/C18H30N2/c1-14-13-15(17(2,3)4)7-8-16(14)20-11-9-18(5,19-6)10-12-20/h7-8,13,19H,9-12H2,1-6H3. The number of hydrogen-bond acceptors (Lipinski definition) is 2. The number of nitrogens with zero attached hydrogens (tertiary/aromatic N) is 1. The highest BCUT2D eigenvalue weighted by molar-refractivity contribution is 5.55. The van der Waals surface area contributed by atoms with Gasteiger partial charge < -0.3 is 10.2 Å². The Morgan fingerprint density at radius 3 is 2.20 bits per heavy atom. The van der Waals surface area contributed by atoms with Crippen LogP contribution in [-0.2, 0) is 5.41 Å². The maximum absolute atomic E-state index is 3.47. The Labute approximate surface area is 124 Å². The predicted molar refractivity (Wildman–Crippen MR) is 88.8 cm³/mol. The van der Waals surface area contributed by atoms with Gasteiger partial charge in [-0.05, 0) is 56.3 Å². The van der Waals surface area contributed by atoms with Crippen molar-refractivity contribution in [3.8, 4) is 0 Å². The molecule has 0 saturated carbocycles. The fourth-order valence-electron chi connectivity index (χ4n) is 2.97. The van der Waals surface area contributed by atoms with E-state index in [4.69, 9.17) is 0 Å². The molecule has 0 bridgehead atoms. The fourth-order valence-corrected chi connectivity index (χ4v) is 2.97. The van der Waals surface area contributed by atoms with Crippen molar-refractivity contribution in [1.82, 2.24) is 5.32 Å². The van der Waals surface area contributed by atoms with E-state index in [1.807, 2.05) is 0 Å². The Balaban J connectivity index is 2.15. The average Bonchev–Trinajstić information content (AvgIpc) is 2.39. The molecule has 0 spiro atoms. The number of nitrogens with one attached hydrogen (secondary N) is 1. The van der Waals surface area contributed by atoms with Crippen LogP contribution in [0.2, 0.25) is 0 Å². The second kappa shape index (κ2) is 5.40. The highest BCUT2D eigenvalue weighted by atomic mass is 15.2. The zero-order valence-electron chi connectivity index (χ0n) is 14.0. The molecule has 2 nitrogen and oxygen atoms in total. The molecule has 2 rings (SSSR count). The molecule has 2 heteroatoms.